The number of nitrogens with zero attached hydrogens (tertiary/aromatic N) is 2. The van der Waals surface area contributed by atoms with Crippen LogP contribution in [0.4, 0.5) is 5.69 Å². The highest BCUT2D eigenvalue weighted by Gasteiger charge is 2.23. The van der Waals surface area contributed by atoms with E-state index in [1.54, 1.807) is 12.1 Å². The highest BCUT2D eigenvalue weighted by atomic mass is 35.5. The highest BCUT2D eigenvalue weighted by molar-refractivity contribution is 6.34. The van der Waals surface area contributed by atoms with Gasteiger partial charge >= 0.3 is 5.97 Å². The molecule has 250 valence electrons. The van der Waals surface area contributed by atoms with E-state index in [4.69, 9.17) is 32.7 Å². The summed E-state index contributed by atoms with van der Waals surface area (Å²) in [5.74, 6) is -0.158. The number of nitrogens with one attached hydrogen (secondary N) is 2. The average molecular weight is 680 g/mol. The molecule has 0 saturated heterocycles. The number of carboxylic acid groups (broad SMARTS) is 1. The van der Waals surface area contributed by atoms with Gasteiger partial charge in [-0.05, 0) is 107 Å². The number of likely N-dealkylation sites (N-methyl/N-ethyl adjacent to an activating group) is 1. The highest BCUT2D eigenvalue weighted by Crippen LogP contribution is 2.43. The first-order valence-corrected chi connectivity index (χ1v) is 16.1. The summed E-state index contributed by atoms with van der Waals surface area (Å²) in [7, 11) is 3.88. The number of rotatable bonds is 13. The fourth-order valence-electron chi connectivity index (χ4n) is 5.42. The Bertz CT molecular complexity index is 1710. The van der Waals surface area contributed by atoms with E-state index in [1.807, 2.05) is 76.7 Å². The number of hydrogen-bond acceptors (Lipinski definition) is 6. The van der Waals surface area contributed by atoms with Crippen molar-refractivity contribution in [2.75, 3.05) is 25.5 Å². The molecule has 4 rings (SSSR count). The maximum Gasteiger partial charge on any atom is 0.335 e. The van der Waals surface area contributed by atoms with E-state index in [9.17, 15) is 9.90 Å². The van der Waals surface area contributed by atoms with Gasteiger partial charge in [-0.2, -0.15) is 5.10 Å². The zero-order chi connectivity index (χ0) is 34.8. The third-order valence-corrected chi connectivity index (χ3v) is 9.02. The van der Waals surface area contributed by atoms with Gasteiger partial charge in [-0.15, -0.1) is 0 Å². The van der Waals surface area contributed by atoms with E-state index in [1.165, 1.54) is 0 Å². The van der Waals surface area contributed by atoms with Gasteiger partial charge in [0.25, 0.3) is 0 Å². The van der Waals surface area contributed by atoms with Crippen LogP contribution in [-0.4, -0.2) is 53.9 Å². The van der Waals surface area contributed by atoms with Crippen molar-refractivity contribution in [3.63, 3.8) is 0 Å². The number of ether oxygens (including phenoxy) is 1. The number of aromatic nitrogens is 2. The van der Waals surface area contributed by atoms with Gasteiger partial charge in [0.15, 0.2) is 0 Å². The van der Waals surface area contributed by atoms with Crippen LogP contribution >= 0.6 is 23.2 Å². The molecule has 1 unspecified atom stereocenters. The molecule has 0 aliphatic rings. The fourth-order valence-corrected chi connectivity index (χ4v) is 5.78. The zero-order valence-corrected chi connectivity index (χ0v) is 29.6. The number of carbonyl (C=O) groups is 2. The maximum absolute atomic E-state index is 11.5. The molecule has 0 amide bonds. The van der Waals surface area contributed by atoms with Crippen molar-refractivity contribution in [3.05, 3.63) is 97.8 Å². The monoisotopic (exact) mass is 678 g/mol. The molecule has 8 nitrogen and oxygen atoms in total. The number of hydrogen-bond donors (Lipinski definition) is 3. The van der Waals surface area contributed by atoms with Gasteiger partial charge < -0.3 is 25.3 Å². The largest absolute Gasteiger partial charge is 0.494 e. The number of anilines is 1. The number of benzene rings is 3. The first kappa shape index (κ1) is 37.3. The number of carboxylic acids is 1. The Balaban J connectivity index is 0.00000294. The zero-order valence-electron chi connectivity index (χ0n) is 28.1. The smallest absolute Gasteiger partial charge is 0.335 e. The van der Waals surface area contributed by atoms with E-state index < -0.39 is 5.97 Å². The number of halogens is 2. The first-order valence-electron chi connectivity index (χ1n) is 15.4. The predicted molar refractivity (Wildman–Crippen MR) is 194 cm³/mol. The number of aryl methyl sites for hydroxylation is 4. The van der Waals surface area contributed by atoms with Crippen LogP contribution in [0.3, 0.4) is 0 Å². The Morgan fingerprint density at radius 1 is 1.04 bits per heavy atom. The molecule has 1 aromatic heterocycles. The Kier molecular flexibility index (Phi) is 13.6. The van der Waals surface area contributed by atoms with Crippen LogP contribution in [-0.2, 0) is 11.8 Å². The summed E-state index contributed by atoms with van der Waals surface area (Å²) in [6, 6.07) is 15.1. The standard InChI is InChI=1S/C36H42Cl2N4O3.CH2O/c1-21-17-29(18-22(2)34(21)38)45-16-8-9-28(19-26-10-12-27(13-11-26)36(43)44)30-14-15-31(37)33(35(30)40-20-23(3)39-6)32-24(4)41-42(7)25(32)5;1-2/h10-15,17-19,23,39-40H,8-9,16,20H2,1-7H3,(H,43,44);1H2/b28-19+;. The molecule has 3 aromatic carbocycles. The van der Waals surface area contributed by atoms with Crippen molar-refractivity contribution in [2.45, 2.75) is 53.5 Å². The second-order valence-electron chi connectivity index (χ2n) is 11.5. The van der Waals surface area contributed by atoms with Crippen LogP contribution in [0.1, 0.15) is 63.8 Å². The lowest BCUT2D eigenvalue weighted by Gasteiger charge is -2.22. The summed E-state index contributed by atoms with van der Waals surface area (Å²) in [5, 5.41) is 22.5. The summed E-state index contributed by atoms with van der Waals surface area (Å²) >= 11 is 13.3. The van der Waals surface area contributed by atoms with Gasteiger partial charge in [0.05, 0.1) is 28.6 Å². The van der Waals surface area contributed by atoms with Crippen molar-refractivity contribution >= 4 is 53.3 Å². The van der Waals surface area contributed by atoms with Crippen molar-refractivity contribution in [3.8, 4) is 16.9 Å². The quantitative estimate of drug-likeness (QED) is 0.0961. The number of aromatic carboxylic acids is 1. The molecular weight excluding hydrogens is 635 g/mol. The van der Waals surface area contributed by atoms with E-state index in [-0.39, 0.29) is 11.6 Å². The molecular formula is C37H44Cl2N4O4. The van der Waals surface area contributed by atoms with E-state index in [2.05, 4.69) is 41.7 Å². The second-order valence-corrected chi connectivity index (χ2v) is 12.3. The van der Waals surface area contributed by atoms with Crippen LogP contribution in [0.2, 0.25) is 10.0 Å². The van der Waals surface area contributed by atoms with Crippen LogP contribution < -0.4 is 15.4 Å². The van der Waals surface area contributed by atoms with Crippen molar-refractivity contribution in [1.29, 1.82) is 0 Å². The van der Waals surface area contributed by atoms with E-state index in [0.29, 0.717) is 24.6 Å². The molecule has 0 aliphatic carbocycles. The lowest BCUT2D eigenvalue weighted by atomic mass is 9.91. The van der Waals surface area contributed by atoms with Gasteiger partial charge in [0.1, 0.15) is 12.5 Å². The fraction of sp³-hybridized carbons (Fsp3) is 0.324. The number of allylic oxidation sites excluding steroid dienone is 1. The number of carbonyl (C=O) groups excluding carboxylic acids is 1. The summed E-state index contributed by atoms with van der Waals surface area (Å²) in [4.78, 5) is 19.5. The molecule has 1 atom stereocenters. The molecule has 3 N–H and O–H groups in total. The third-order valence-electron chi connectivity index (χ3n) is 8.10. The molecule has 0 saturated carbocycles. The van der Waals surface area contributed by atoms with Crippen LogP contribution in [0, 0.1) is 27.7 Å². The van der Waals surface area contributed by atoms with Crippen molar-refractivity contribution < 1.29 is 19.4 Å². The van der Waals surface area contributed by atoms with Crippen LogP contribution in [0.25, 0.3) is 22.8 Å². The Morgan fingerprint density at radius 3 is 2.23 bits per heavy atom. The molecule has 1 heterocycles. The van der Waals surface area contributed by atoms with Gasteiger partial charge in [-0.1, -0.05) is 47.5 Å². The summed E-state index contributed by atoms with van der Waals surface area (Å²) in [6.45, 7) is 13.3. The minimum atomic E-state index is -0.953. The lowest BCUT2D eigenvalue weighted by Crippen LogP contribution is -2.29. The topological polar surface area (TPSA) is 105 Å². The minimum Gasteiger partial charge on any atom is -0.494 e. The molecule has 0 radical (unpaired) electrons. The second kappa shape index (κ2) is 17.2. The van der Waals surface area contributed by atoms with Crippen LogP contribution in [0.15, 0.2) is 48.5 Å². The molecule has 10 heteroatoms. The molecule has 0 fully saturated rings. The third kappa shape index (κ3) is 9.25. The van der Waals surface area contributed by atoms with Crippen molar-refractivity contribution in [1.82, 2.24) is 15.1 Å². The Labute approximate surface area is 287 Å². The summed E-state index contributed by atoms with van der Waals surface area (Å²) in [5.41, 5.74) is 9.97. The summed E-state index contributed by atoms with van der Waals surface area (Å²) < 4.78 is 8.05. The van der Waals surface area contributed by atoms with Gasteiger partial charge in [-0.25, -0.2) is 4.79 Å². The first-order chi connectivity index (χ1) is 22.4. The minimum absolute atomic E-state index is 0.205. The Morgan fingerprint density at radius 2 is 1.68 bits per heavy atom. The molecule has 4 aromatic rings. The van der Waals surface area contributed by atoms with E-state index >= 15 is 0 Å². The normalized spacial score (nSPS) is 11.9. The maximum atomic E-state index is 11.5. The van der Waals surface area contributed by atoms with Crippen LogP contribution in [0.5, 0.6) is 5.75 Å². The molecule has 47 heavy (non-hydrogen) atoms. The molecule has 0 aliphatic heterocycles. The van der Waals surface area contributed by atoms with Crippen molar-refractivity contribution in [2.24, 2.45) is 7.05 Å². The molecule has 0 bridgehead atoms. The molecule has 0 spiro atoms. The SMILES string of the molecule is C=O.CNC(C)CNc1c(/C(=C/c2ccc(C(=O)O)cc2)CCCOc2cc(C)c(Cl)c(C)c2)ccc(Cl)c1-c1c(C)nn(C)c1C. The average Bonchev–Trinajstić information content (AvgIpc) is 3.30. The lowest BCUT2D eigenvalue weighted by molar-refractivity contribution is -0.0980. The predicted octanol–water partition coefficient (Wildman–Crippen LogP) is 8.56. The van der Waals surface area contributed by atoms with Gasteiger partial charge in [0, 0.05) is 47.0 Å². The van der Waals surface area contributed by atoms with Gasteiger partial charge in [-0.3, -0.25) is 4.68 Å². The summed E-state index contributed by atoms with van der Waals surface area (Å²) in [6.07, 6.45) is 3.56. The van der Waals surface area contributed by atoms with Gasteiger partial charge in [0.2, 0.25) is 0 Å². The Hall–Kier alpha value is -4.11. The van der Waals surface area contributed by atoms with E-state index in [0.717, 1.165) is 73.2 Å².